The molecule has 1 fully saturated rings. The number of hydrogen-bond donors (Lipinski definition) is 1. The van der Waals surface area contributed by atoms with E-state index in [0.29, 0.717) is 18.8 Å². The number of rotatable bonds is 5. The summed E-state index contributed by atoms with van der Waals surface area (Å²) in [4.78, 5) is 29.6. The number of carbonyl (C=O) groups is 2. The number of carbonyl (C=O) groups excluding carboxylic acids is 2. The Kier molecular flexibility index (Phi) is 6.04. The van der Waals surface area contributed by atoms with Crippen molar-refractivity contribution in [3.05, 3.63) is 59.1 Å². The molecular weight excluding hydrogens is 430 g/mol. The molecule has 1 aromatic carbocycles. The van der Waals surface area contributed by atoms with Gasteiger partial charge in [0, 0.05) is 12.6 Å². The zero-order valence-corrected chi connectivity index (χ0v) is 20.4. The van der Waals surface area contributed by atoms with Gasteiger partial charge in [-0.1, -0.05) is 62.9 Å². The summed E-state index contributed by atoms with van der Waals surface area (Å²) in [5.74, 6) is 0.0551. The van der Waals surface area contributed by atoms with E-state index in [1.807, 2.05) is 36.1 Å². The van der Waals surface area contributed by atoms with Crippen molar-refractivity contribution in [2.75, 3.05) is 6.54 Å². The van der Waals surface area contributed by atoms with E-state index in [4.69, 9.17) is 0 Å². The Bertz CT molecular complexity index is 1140. The minimum absolute atomic E-state index is 0.0225. The maximum absolute atomic E-state index is 13.9. The van der Waals surface area contributed by atoms with Gasteiger partial charge in [0.1, 0.15) is 11.2 Å². The van der Waals surface area contributed by atoms with Gasteiger partial charge >= 0.3 is 0 Å². The van der Waals surface area contributed by atoms with Gasteiger partial charge in [-0.25, -0.2) is 0 Å². The summed E-state index contributed by atoms with van der Waals surface area (Å²) in [5, 5.41) is 5.40. The zero-order valence-electron chi connectivity index (χ0n) is 19.5. The van der Waals surface area contributed by atoms with Gasteiger partial charge in [0.15, 0.2) is 0 Å². The number of thiophene rings is 1. The minimum Gasteiger partial charge on any atom is -0.351 e. The van der Waals surface area contributed by atoms with Gasteiger partial charge < -0.3 is 14.8 Å². The Balaban J connectivity index is 1.49. The summed E-state index contributed by atoms with van der Waals surface area (Å²) in [6, 6.07) is 14.5. The van der Waals surface area contributed by atoms with Gasteiger partial charge in [-0.05, 0) is 48.8 Å². The molecule has 0 saturated heterocycles. The lowest BCUT2D eigenvalue weighted by atomic mass is 9.91. The van der Waals surface area contributed by atoms with Crippen LogP contribution in [0, 0.1) is 0 Å². The highest BCUT2D eigenvalue weighted by Crippen LogP contribution is 2.36. The van der Waals surface area contributed by atoms with Gasteiger partial charge in [-0.3, -0.25) is 9.59 Å². The number of nitrogens with zero attached hydrogens (tertiary/aromatic N) is 2. The zero-order chi connectivity index (χ0) is 23.0. The minimum atomic E-state index is -0.937. The molecule has 2 unspecified atom stereocenters. The van der Waals surface area contributed by atoms with Gasteiger partial charge in [-0.2, -0.15) is 0 Å². The molecule has 0 radical (unpaired) electrons. The first-order chi connectivity index (χ1) is 16.0. The summed E-state index contributed by atoms with van der Waals surface area (Å²) in [6.45, 7) is 5.08. The number of benzene rings is 1. The second kappa shape index (κ2) is 8.98. The number of fused-ring (bicyclic) bond motifs is 3. The van der Waals surface area contributed by atoms with E-state index in [2.05, 4.69) is 40.4 Å². The van der Waals surface area contributed by atoms with Crippen LogP contribution in [0.2, 0.25) is 0 Å². The molecule has 2 aliphatic rings. The Morgan fingerprint density at radius 2 is 1.88 bits per heavy atom. The topological polar surface area (TPSA) is 54.3 Å². The summed E-state index contributed by atoms with van der Waals surface area (Å²) in [7, 11) is 0. The Morgan fingerprint density at radius 1 is 1.15 bits per heavy atom. The van der Waals surface area contributed by atoms with Crippen LogP contribution in [0.5, 0.6) is 0 Å². The molecule has 0 bridgehead atoms. The molecular formula is C27H33N3O2S. The van der Waals surface area contributed by atoms with Crippen LogP contribution in [0.1, 0.15) is 74.3 Å². The number of hydrogen-bond acceptors (Lipinski definition) is 3. The fourth-order valence-corrected chi connectivity index (χ4v) is 6.31. The Hall–Kier alpha value is -2.60. The highest BCUT2D eigenvalue weighted by Gasteiger charge is 2.48. The van der Waals surface area contributed by atoms with Crippen LogP contribution >= 0.6 is 11.3 Å². The van der Waals surface area contributed by atoms with Gasteiger partial charge in [0.2, 0.25) is 5.91 Å². The van der Waals surface area contributed by atoms with Crippen LogP contribution < -0.4 is 5.32 Å². The predicted molar refractivity (Wildman–Crippen MR) is 134 cm³/mol. The largest absolute Gasteiger partial charge is 0.351 e. The Morgan fingerprint density at radius 3 is 2.61 bits per heavy atom. The van der Waals surface area contributed by atoms with E-state index >= 15 is 0 Å². The summed E-state index contributed by atoms with van der Waals surface area (Å²) in [6.07, 6.45) is 6.86. The van der Waals surface area contributed by atoms with Crippen molar-refractivity contribution in [1.29, 1.82) is 0 Å². The normalized spacial score (nSPS) is 22.7. The van der Waals surface area contributed by atoms with Crippen molar-refractivity contribution in [1.82, 2.24) is 14.8 Å². The van der Waals surface area contributed by atoms with E-state index < -0.39 is 5.54 Å². The van der Waals surface area contributed by atoms with Crippen LogP contribution in [0.3, 0.4) is 0 Å². The lowest BCUT2D eigenvalue weighted by Crippen LogP contribution is -2.65. The van der Waals surface area contributed by atoms with E-state index in [9.17, 15) is 9.59 Å². The fourth-order valence-electron chi connectivity index (χ4n) is 5.48. The molecule has 1 N–H and O–H groups in total. The maximum Gasteiger partial charge on any atom is 0.271 e. The van der Waals surface area contributed by atoms with E-state index in [0.717, 1.165) is 35.9 Å². The number of nitrogens with one attached hydrogen (secondary N) is 1. The third-order valence-corrected chi connectivity index (χ3v) is 8.41. The Labute approximate surface area is 199 Å². The van der Waals surface area contributed by atoms with Crippen molar-refractivity contribution in [2.45, 2.75) is 76.4 Å². The summed E-state index contributed by atoms with van der Waals surface area (Å²) >= 11 is 1.64. The van der Waals surface area contributed by atoms with Crippen molar-refractivity contribution >= 4 is 33.4 Å². The maximum atomic E-state index is 13.9. The van der Waals surface area contributed by atoms with Gasteiger partial charge in [-0.15, -0.1) is 11.3 Å². The quantitative estimate of drug-likeness (QED) is 0.504. The summed E-state index contributed by atoms with van der Waals surface area (Å²) < 4.78 is 3.16. The average molecular weight is 464 g/mol. The third-order valence-electron chi connectivity index (χ3n) is 7.55. The van der Waals surface area contributed by atoms with Crippen LogP contribution in [0.25, 0.3) is 10.2 Å². The van der Waals surface area contributed by atoms with Crippen LogP contribution in [-0.2, 0) is 11.3 Å². The van der Waals surface area contributed by atoms with Crippen molar-refractivity contribution < 1.29 is 9.59 Å². The monoisotopic (exact) mass is 463 g/mol. The molecule has 2 aromatic heterocycles. The number of amides is 2. The lowest BCUT2D eigenvalue weighted by Gasteiger charge is -2.45. The second-order valence-electron chi connectivity index (χ2n) is 9.95. The van der Waals surface area contributed by atoms with E-state index in [-0.39, 0.29) is 23.8 Å². The highest BCUT2D eigenvalue weighted by atomic mass is 32.1. The average Bonchev–Trinajstić information content (AvgIpc) is 3.31. The molecule has 1 aliphatic carbocycles. The lowest BCUT2D eigenvalue weighted by molar-refractivity contribution is -0.133. The SMILES string of the molecule is CC(CN1C(=O)c2cc3sccc3n2CC1(C)C(=O)NC1CCCCCC1)c1ccccc1. The van der Waals surface area contributed by atoms with E-state index in [1.54, 1.807) is 11.3 Å². The second-order valence-corrected chi connectivity index (χ2v) is 10.9. The molecule has 0 spiro atoms. The molecule has 1 aliphatic heterocycles. The standard InChI is InChI=1S/C27H33N3O2S/c1-19(20-10-6-5-7-11-20)17-30-25(31)23-16-24-22(14-15-33-24)29(23)18-27(30,2)26(32)28-21-12-8-3-4-9-13-21/h5-7,10-11,14-16,19,21H,3-4,8-9,12-13,17-18H2,1-2H3,(H,28,32). The molecule has 33 heavy (non-hydrogen) atoms. The molecule has 3 heterocycles. The predicted octanol–water partition coefficient (Wildman–Crippen LogP) is 5.56. The van der Waals surface area contributed by atoms with Gasteiger partial charge in [0.05, 0.1) is 16.8 Å². The molecule has 2 atom stereocenters. The highest BCUT2D eigenvalue weighted by molar-refractivity contribution is 7.17. The van der Waals surface area contributed by atoms with Gasteiger partial charge in [0.25, 0.3) is 5.91 Å². The number of aromatic nitrogens is 1. The van der Waals surface area contributed by atoms with Crippen molar-refractivity contribution in [3.63, 3.8) is 0 Å². The molecule has 174 valence electrons. The fraction of sp³-hybridized carbons (Fsp3) is 0.481. The molecule has 3 aromatic rings. The molecule has 1 saturated carbocycles. The smallest absolute Gasteiger partial charge is 0.271 e. The van der Waals surface area contributed by atoms with Crippen molar-refractivity contribution in [2.24, 2.45) is 0 Å². The molecule has 5 nitrogen and oxygen atoms in total. The van der Waals surface area contributed by atoms with Crippen LogP contribution in [-0.4, -0.2) is 39.4 Å². The van der Waals surface area contributed by atoms with Crippen molar-refractivity contribution in [3.8, 4) is 0 Å². The van der Waals surface area contributed by atoms with Crippen LogP contribution in [0.4, 0.5) is 0 Å². The first-order valence-corrected chi connectivity index (χ1v) is 13.1. The van der Waals surface area contributed by atoms with E-state index in [1.165, 1.54) is 18.4 Å². The molecule has 5 rings (SSSR count). The molecule has 2 amide bonds. The third kappa shape index (κ3) is 4.10. The molecule has 6 heteroatoms. The summed E-state index contributed by atoms with van der Waals surface area (Å²) in [5.41, 5.74) is 1.98. The first kappa shape index (κ1) is 22.2. The van der Waals surface area contributed by atoms with Crippen LogP contribution in [0.15, 0.2) is 47.8 Å². The first-order valence-electron chi connectivity index (χ1n) is 12.2.